The van der Waals surface area contributed by atoms with Gasteiger partial charge < -0.3 is 34.9 Å². The molecule has 2 aliphatic heterocycles. The topological polar surface area (TPSA) is 126 Å². The third kappa shape index (κ3) is 8.11. The number of hydrogen-bond donors (Lipinski definition) is 4. The lowest BCUT2D eigenvalue weighted by molar-refractivity contribution is -0.164. The van der Waals surface area contributed by atoms with Gasteiger partial charge in [0.05, 0.1) is 0 Å². The van der Waals surface area contributed by atoms with Crippen LogP contribution < -0.4 is 10.6 Å². The van der Waals surface area contributed by atoms with Crippen molar-refractivity contribution in [3.63, 3.8) is 0 Å². The van der Waals surface area contributed by atoms with Crippen LogP contribution in [0.5, 0.6) is 0 Å². The van der Waals surface area contributed by atoms with Crippen LogP contribution in [0.1, 0.15) is 46.5 Å². The molecule has 29 heavy (non-hydrogen) atoms. The van der Waals surface area contributed by atoms with Gasteiger partial charge in [0.25, 0.3) is 0 Å². The smallest absolute Gasteiger partial charge is 0.428 e. The molecule has 2 aliphatic rings. The lowest BCUT2D eigenvalue weighted by Crippen LogP contribution is -2.53. The first-order chi connectivity index (χ1) is 12.6. The maximum absolute atomic E-state index is 12.9. The van der Waals surface area contributed by atoms with E-state index in [1.807, 2.05) is 0 Å². The number of unbranched alkanes of at least 4 members (excludes halogenated alkanes) is 1. The molecule has 12 heteroatoms. The number of carbonyl (C=O) groups excluding carboxylic acids is 2. The van der Waals surface area contributed by atoms with Gasteiger partial charge in [-0.25, -0.2) is 9.59 Å². The maximum atomic E-state index is 12.9. The van der Waals surface area contributed by atoms with E-state index in [0.29, 0.717) is 25.8 Å². The van der Waals surface area contributed by atoms with Gasteiger partial charge in [-0.2, -0.15) is 0 Å². The minimum Gasteiger partial charge on any atom is -0.428 e. The molecule has 0 spiro atoms. The van der Waals surface area contributed by atoms with E-state index < -0.39 is 37.2 Å². The molecule has 0 unspecified atom stereocenters. The Balaban J connectivity index is 0.00000392. The first-order valence-electron chi connectivity index (χ1n) is 9.51. The summed E-state index contributed by atoms with van der Waals surface area (Å²) in [7, 11) is -1.34. The fourth-order valence-corrected chi connectivity index (χ4v) is 3.86. The average Bonchev–Trinajstić information content (AvgIpc) is 3.13. The molecule has 0 saturated carbocycles. The molecule has 9 nitrogen and oxygen atoms in total. The number of hydrogen-bond acceptors (Lipinski definition) is 9. The van der Waals surface area contributed by atoms with Crippen molar-refractivity contribution in [1.82, 2.24) is 10.6 Å². The minimum absolute atomic E-state index is 0. The van der Waals surface area contributed by atoms with Gasteiger partial charge in [0.1, 0.15) is 11.1 Å². The van der Waals surface area contributed by atoms with Crippen molar-refractivity contribution < 1.29 is 33.8 Å². The van der Waals surface area contributed by atoms with Gasteiger partial charge in [0.15, 0.2) is 0 Å². The zero-order valence-electron chi connectivity index (χ0n) is 17.1. The van der Waals surface area contributed by atoms with E-state index >= 15 is 0 Å². The molecule has 3 atom stereocenters. The second kappa shape index (κ2) is 12.2. The van der Waals surface area contributed by atoms with Crippen LogP contribution >= 0.6 is 24.8 Å². The molecule has 0 amide bonds. The van der Waals surface area contributed by atoms with Gasteiger partial charge in [-0.3, -0.25) is 0 Å². The summed E-state index contributed by atoms with van der Waals surface area (Å²) in [6, 6.07) is 0.202. The Morgan fingerprint density at radius 3 is 2.48 bits per heavy atom. The van der Waals surface area contributed by atoms with Crippen molar-refractivity contribution in [3.05, 3.63) is 0 Å². The summed E-state index contributed by atoms with van der Waals surface area (Å²) in [5, 5.41) is 24.7. The number of ether oxygens (including phenoxy) is 3. The molecule has 2 fully saturated rings. The van der Waals surface area contributed by atoms with Crippen molar-refractivity contribution in [2.24, 2.45) is 5.92 Å². The molecule has 4 N–H and O–H groups in total. The fraction of sp³-hybridized carbons (Fsp3) is 0.882. The molecule has 0 aromatic rings. The molecule has 2 heterocycles. The number of rotatable bonds is 8. The van der Waals surface area contributed by atoms with Crippen LogP contribution in [0.4, 0.5) is 4.79 Å². The van der Waals surface area contributed by atoms with Crippen molar-refractivity contribution in [2.45, 2.75) is 70.0 Å². The van der Waals surface area contributed by atoms with Crippen LogP contribution in [0.15, 0.2) is 0 Å². The molecular formula is C17H33BCl2N2O7. The Morgan fingerprint density at radius 2 is 1.86 bits per heavy atom. The lowest BCUT2D eigenvalue weighted by Gasteiger charge is -2.32. The number of esters is 1. The molecule has 0 aliphatic carbocycles. The lowest BCUT2D eigenvalue weighted by atomic mass is 9.77. The quantitative estimate of drug-likeness (QED) is 0.184. The van der Waals surface area contributed by atoms with Gasteiger partial charge in [-0.1, -0.05) is 12.8 Å². The molecule has 0 aromatic carbocycles. The highest BCUT2D eigenvalue weighted by Gasteiger charge is 2.55. The predicted octanol–water partition coefficient (Wildman–Crippen LogP) is 1.25. The molecule has 170 valence electrons. The summed E-state index contributed by atoms with van der Waals surface area (Å²) < 4.78 is 15.1. The third-order valence-electron chi connectivity index (χ3n) is 5.02. The normalized spacial score (nSPS) is 25.3. The van der Waals surface area contributed by atoms with E-state index in [1.165, 1.54) is 0 Å². The van der Waals surface area contributed by atoms with Crippen molar-refractivity contribution in [3.8, 4) is 0 Å². The Labute approximate surface area is 184 Å². The van der Waals surface area contributed by atoms with Crippen LogP contribution in [-0.2, 0) is 19.0 Å². The van der Waals surface area contributed by atoms with E-state index in [0.717, 1.165) is 13.0 Å². The van der Waals surface area contributed by atoms with Crippen molar-refractivity contribution in [2.75, 3.05) is 19.9 Å². The van der Waals surface area contributed by atoms with E-state index in [4.69, 9.17) is 24.3 Å². The summed E-state index contributed by atoms with van der Waals surface area (Å²) in [6.07, 6.45) is 1.99. The Hall–Kier alpha value is -0.775. The highest BCUT2D eigenvalue weighted by Crippen LogP contribution is 2.38. The van der Waals surface area contributed by atoms with E-state index in [-0.39, 0.29) is 43.1 Å². The second-order valence-electron chi connectivity index (χ2n) is 8.19. The maximum Gasteiger partial charge on any atom is 0.511 e. The Kier molecular flexibility index (Phi) is 11.8. The van der Waals surface area contributed by atoms with Gasteiger partial charge in [-0.15, -0.1) is 24.8 Å². The first-order valence-corrected chi connectivity index (χ1v) is 9.51. The highest BCUT2D eigenvalue weighted by atomic mass is 35.5. The zero-order valence-corrected chi connectivity index (χ0v) is 18.8. The van der Waals surface area contributed by atoms with Gasteiger partial charge >= 0.3 is 19.2 Å². The van der Waals surface area contributed by atoms with Crippen LogP contribution in [0.2, 0.25) is 6.32 Å². The van der Waals surface area contributed by atoms with Crippen molar-refractivity contribution in [1.29, 1.82) is 0 Å². The van der Waals surface area contributed by atoms with E-state index in [2.05, 4.69) is 10.6 Å². The number of carbonyl (C=O) groups is 2. The van der Waals surface area contributed by atoms with Gasteiger partial charge in [-0.05, 0) is 46.5 Å². The largest absolute Gasteiger partial charge is 0.511 e. The predicted molar refractivity (Wildman–Crippen MR) is 112 cm³/mol. The highest BCUT2D eigenvalue weighted by molar-refractivity contribution is 6.40. The summed E-state index contributed by atoms with van der Waals surface area (Å²) in [5.41, 5.74) is -1.54. The van der Waals surface area contributed by atoms with Crippen molar-refractivity contribution >= 4 is 44.1 Å². The summed E-state index contributed by atoms with van der Waals surface area (Å²) in [6.45, 7) is 6.15. The van der Waals surface area contributed by atoms with Gasteiger partial charge in [0, 0.05) is 18.5 Å². The minimum atomic E-state index is -1.34. The fourth-order valence-electron chi connectivity index (χ4n) is 3.86. The third-order valence-corrected chi connectivity index (χ3v) is 5.02. The van der Waals surface area contributed by atoms with E-state index in [1.54, 1.807) is 20.8 Å². The Bertz CT molecular complexity index is 536. The van der Waals surface area contributed by atoms with Crippen LogP contribution in [0.25, 0.3) is 0 Å². The van der Waals surface area contributed by atoms with Crippen LogP contribution in [-0.4, -0.2) is 66.4 Å². The molecule has 0 aromatic heterocycles. The Morgan fingerprint density at radius 1 is 1.17 bits per heavy atom. The average molecular weight is 459 g/mol. The monoisotopic (exact) mass is 458 g/mol. The molecular weight excluding hydrogens is 426 g/mol. The summed E-state index contributed by atoms with van der Waals surface area (Å²) in [4.78, 5) is 24.5. The molecule has 0 bridgehead atoms. The van der Waals surface area contributed by atoms with E-state index in [9.17, 15) is 9.59 Å². The number of halogens is 2. The SMILES string of the molecule is CC(C)(C)OC(=O)OCOC(=O)[C@]1(CCCCB(O)O)NC[C@@H]2NCC[C@@H]21.Cl.Cl. The molecule has 2 saturated heterocycles. The van der Waals surface area contributed by atoms with Gasteiger partial charge in [0.2, 0.25) is 6.79 Å². The standard InChI is InChI=1S/C17H31BN2O7.2ClH/c1-16(2,3)27-15(22)26-11-25-14(21)17(7-4-5-8-18(23)24)12-6-9-19-13(12)10-20-17;;/h12-13,19-20,23-24H,4-11H2,1-3H3;2*1H/t12-,13-,17+;;/m0../s1. The summed E-state index contributed by atoms with van der Waals surface area (Å²) >= 11 is 0. The molecule has 0 radical (unpaired) electrons. The summed E-state index contributed by atoms with van der Waals surface area (Å²) in [5.74, 6) is -0.364. The first kappa shape index (κ1) is 28.2. The number of fused-ring (bicyclic) bond motifs is 1. The zero-order chi connectivity index (χ0) is 20.1. The number of nitrogens with one attached hydrogen (secondary N) is 2. The van der Waals surface area contributed by atoms with Crippen LogP contribution in [0.3, 0.4) is 0 Å². The second-order valence-corrected chi connectivity index (χ2v) is 8.19. The molecule has 2 rings (SSSR count). The van der Waals surface area contributed by atoms with Crippen LogP contribution in [0, 0.1) is 5.92 Å².